The molecule has 0 saturated carbocycles. The lowest BCUT2D eigenvalue weighted by atomic mass is 10.1. The van der Waals surface area contributed by atoms with Crippen LogP contribution in [0.5, 0.6) is 5.75 Å². The highest BCUT2D eigenvalue weighted by Gasteiger charge is 2.21. The summed E-state index contributed by atoms with van der Waals surface area (Å²) in [6, 6.07) is 13.8. The SMILES string of the molecule is COc1ccc(NC(=O)N2CCN(Cc3ccc(C)cc3)CC2)cc1Cl. The molecule has 26 heavy (non-hydrogen) atoms. The van der Waals surface area contributed by atoms with E-state index in [1.165, 1.54) is 11.1 Å². The number of hydrogen-bond acceptors (Lipinski definition) is 3. The Morgan fingerprint density at radius 2 is 1.81 bits per heavy atom. The smallest absolute Gasteiger partial charge is 0.321 e. The van der Waals surface area contributed by atoms with Gasteiger partial charge in [0, 0.05) is 38.4 Å². The average Bonchev–Trinajstić information content (AvgIpc) is 2.64. The molecule has 0 spiro atoms. The number of carbonyl (C=O) groups excluding carboxylic acids is 1. The van der Waals surface area contributed by atoms with Crippen molar-refractivity contribution in [1.29, 1.82) is 0 Å². The van der Waals surface area contributed by atoms with Crippen LogP contribution in [0.4, 0.5) is 10.5 Å². The number of piperazine rings is 1. The van der Waals surface area contributed by atoms with Gasteiger partial charge in [-0.05, 0) is 30.7 Å². The Morgan fingerprint density at radius 1 is 1.12 bits per heavy atom. The van der Waals surface area contributed by atoms with Gasteiger partial charge in [-0.1, -0.05) is 41.4 Å². The van der Waals surface area contributed by atoms with E-state index in [0.29, 0.717) is 29.5 Å². The highest BCUT2D eigenvalue weighted by molar-refractivity contribution is 6.32. The molecular weight excluding hydrogens is 350 g/mol. The van der Waals surface area contributed by atoms with Gasteiger partial charge in [-0.25, -0.2) is 4.79 Å². The second kappa shape index (κ2) is 8.43. The lowest BCUT2D eigenvalue weighted by Gasteiger charge is -2.34. The van der Waals surface area contributed by atoms with Crippen molar-refractivity contribution in [2.24, 2.45) is 0 Å². The van der Waals surface area contributed by atoms with Crippen LogP contribution in [0, 0.1) is 6.92 Å². The monoisotopic (exact) mass is 373 g/mol. The van der Waals surface area contributed by atoms with Crippen LogP contribution in [0.3, 0.4) is 0 Å². The number of hydrogen-bond donors (Lipinski definition) is 1. The van der Waals surface area contributed by atoms with Crippen LogP contribution < -0.4 is 10.1 Å². The summed E-state index contributed by atoms with van der Waals surface area (Å²) in [6.45, 7) is 6.17. The molecule has 1 aliphatic heterocycles. The quantitative estimate of drug-likeness (QED) is 0.880. The summed E-state index contributed by atoms with van der Waals surface area (Å²) in [5.41, 5.74) is 3.25. The standard InChI is InChI=1S/C20H24ClN3O2/c1-15-3-5-16(6-4-15)14-23-9-11-24(12-10-23)20(25)22-17-7-8-19(26-2)18(21)13-17/h3-8,13H,9-12,14H2,1-2H3,(H,22,25). The summed E-state index contributed by atoms with van der Waals surface area (Å²) in [7, 11) is 1.57. The first-order valence-corrected chi connectivity index (χ1v) is 9.10. The Hall–Kier alpha value is -2.24. The van der Waals surface area contributed by atoms with Crippen molar-refractivity contribution in [1.82, 2.24) is 9.80 Å². The molecule has 6 heteroatoms. The molecule has 3 rings (SSSR count). The summed E-state index contributed by atoms with van der Waals surface area (Å²) in [6.07, 6.45) is 0. The molecule has 0 radical (unpaired) electrons. The minimum absolute atomic E-state index is 0.0961. The fraction of sp³-hybridized carbons (Fsp3) is 0.350. The maximum absolute atomic E-state index is 12.5. The Kier molecular flexibility index (Phi) is 6.01. The first-order valence-electron chi connectivity index (χ1n) is 8.72. The van der Waals surface area contributed by atoms with Crippen molar-refractivity contribution in [2.75, 3.05) is 38.6 Å². The van der Waals surface area contributed by atoms with Crippen LogP contribution in [-0.2, 0) is 6.54 Å². The van der Waals surface area contributed by atoms with E-state index < -0.39 is 0 Å². The number of rotatable bonds is 4. The largest absolute Gasteiger partial charge is 0.495 e. The fourth-order valence-electron chi connectivity index (χ4n) is 3.01. The summed E-state index contributed by atoms with van der Waals surface area (Å²) in [5.74, 6) is 0.592. The first kappa shape index (κ1) is 18.5. The van der Waals surface area contributed by atoms with Crippen molar-refractivity contribution in [3.63, 3.8) is 0 Å². The Labute approximate surface area is 159 Å². The molecular formula is C20H24ClN3O2. The molecule has 5 nitrogen and oxygen atoms in total. The minimum atomic E-state index is -0.0961. The van der Waals surface area contributed by atoms with Crippen molar-refractivity contribution < 1.29 is 9.53 Å². The normalized spacial score (nSPS) is 15.0. The van der Waals surface area contributed by atoms with Crippen molar-refractivity contribution >= 4 is 23.3 Å². The van der Waals surface area contributed by atoms with E-state index in [-0.39, 0.29) is 6.03 Å². The third kappa shape index (κ3) is 4.68. The molecule has 2 amide bonds. The van der Waals surface area contributed by atoms with Gasteiger partial charge in [-0.3, -0.25) is 4.90 Å². The molecule has 1 aliphatic rings. The summed E-state index contributed by atoms with van der Waals surface area (Å²) < 4.78 is 5.13. The number of benzene rings is 2. The van der Waals surface area contributed by atoms with Gasteiger partial charge < -0.3 is 15.0 Å². The topological polar surface area (TPSA) is 44.8 Å². The van der Waals surface area contributed by atoms with Crippen LogP contribution in [0.1, 0.15) is 11.1 Å². The van der Waals surface area contributed by atoms with Crippen molar-refractivity contribution in [2.45, 2.75) is 13.5 Å². The molecule has 0 aromatic heterocycles. The van der Waals surface area contributed by atoms with Crippen LogP contribution >= 0.6 is 11.6 Å². The number of amides is 2. The maximum Gasteiger partial charge on any atom is 0.321 e. The minimum Gasteiger partial charge on any atom is -0.495 e. The zero-order valence-electron chi connectivity index (χ0n) is 15.2. The number of urea groups is 1. The van der Waals surface area contributed by atoms with Crippen LogP contribution in [0.25, 0.3) is 0 Å². The van der Waals surface area contributed by atoms with Gasteiger partial charge >= 0.3 is 6.03 Å². The fourth-order valence-corrected chi connectivity index (χ4v) is 3.27. The number of anilines is 1. The number of carbonyl (C=O) groups is 1. The first-order chi connectivity index (χ1) is 12.5. The summed E-state index contributed by atoms with van der Waals surface area (Å²) in [5, 5.41) is 3.38. The highest BCUT2D eigenvalue weighted by atomic mass is 35.5. The van der Waals surface area contributed by atoms with Crippen LogP contribution in [0.15, 0.2) is 42.5 Å². The van der Waals surface area contributed by atoms with E-state index in [0.717, 1.165) is 19.6 Å². The third-order valence-corrected chi connectivity index (χ3v) is 4.88. The zero-order chi connectivity index (χ0) is 18.5. The Bertz CT molecular complexity index is 756. The number of halogens is 1. The van der Waals surface area contributed by atoms with Gasteiger partial charge in [0.05, 0.1) is 12.1 Å². The second-order valence-corrected chi connectivity index (χ2v) is 6.94. The Balaban J connectivity index is 1.50. The molecule has 0 bridgehead atoms. The second-order valence-electron chi connectivity index (χ2n) is 6.53. The van der Waals surface area contributed by atoms with Crippen LogP contribution in [-0.4, -0.2) is 49.1 Å². The molecule has 0 atom stereocenters. The Morgan fingerprint density at radius 3 is 2.42 bits per heavy atom. The predicted octanol–water partition coefficient (Wildman–Crippen LogP) is 4.01. The maximum atomic E-state index is 12.5. The van der Waals surface area contributed by atoms with Crippen molar-refractivity contribution in [3.05, 3.63) is 58.6 Å². The molecule has 1 saturated heterocycles. The van der Waals surface area contributed by atoms with E-state index in [9.17, 15) is 4.79 Å². The summed E-state index contributed by atoms with van der Waals surface area (Å²) in [4.78, 5) is 16.7. The molecule has 1 fully saturated rings. The van der Waals surface area contributed by atoms with E-state index in [1.807, 2.05) is 4.90 Å². The summed E-state index contributed by atoms with van der Waals surface area (Å²) >= 11 is 6.11. The molecule has 138 valence electrons. The van der Waals surface area contributed by atoms with Gasteiger partial charge in [0.1, 0.15) is 5.75 Å². The highest BCUT2D eigenvalue weighted by Crippen LogP contribution is 2.27. The number of nitrogens with zero attached hydrogens (tertiary/aromatic N) is 2. The van der Waals surface area contributed by atoms with E-state index in [2.05, 4.69) is 41.4 Å². The van der Waals surface area contributed by atoms with E-state index in [4.69, 9.17) is 16.3 Å². The third-order valence-electron chi connectivity index (χ3n) is 4.59. The van der Waals surface area contributed by atoms with Crippen LogP contribution in [0.2, 0.25) is 5.02 Å². The van der Waals surface area contributed by atoms with Gasteiger partial charge in [0.25, 0.3) is 0 Å². The van der Waals surface area contributed by atoms with Gasteiger partial charge in [0.2, 0.25) is 0 Å². The van der Waals surface area contributed by atoms with E-state index in [1.54, 1.807) is 25.3 Å². The molecule has 2 aromatic rings. The number of nitrogens with one attached hydrogen (secondary N) is 1. The molecule has 0 aliphatic carbocycles. The van der Waals surface area contributed by atoms with Gasteiger partial charge in [0.15, 0.2) is 0 Å². The molecule has 2 aromatic carbocycles. The van der Waals surface area contributed by atoms with E-state index >= 15 is 0 Å². The van der Waals surface area contributed by atoms with Crippen molar-refractivity contribution in [3.8, 4) is 5.75 Å². The van der Waals surface area contributed by atoms with Gasteiger partial charge in [-0.15, -0.1) is 0 Å². The average molecular weight is 374 g/mol. The zero-order valence-corrected chi connectivity index (χ0v) is 15.9. The molecule has 1 heterocycles. The lowest BCUT2D eigenvalue weighted by molar-refractivity contribution is 0.143. The lowest BCUT2D eigenvalue weighted by Crippen LogP contribution is -2.49. The number of methoxy groups -OCH3 is 1. The number of ether oxygens (including phenoxy) is 1. The number of aryl methyl sites for hydroxylation is 1. The molecule has 1 N–H and O–H groups in total. The molecule has 0 unspecified atom stereocenters. The van der Waals surface area contributed by atoms with Gasteiger partial charge in [-0.2, -0.15) is 0 Å². The predicted molar refractivity (Wildman–Crippen MR) is 105 cm³/mol.